The van der Waals surface area contributed by atoms with Crippen LogP contribution in [0.1, 0.15) is 12.8 Å². The number of pyridine rings is 1. The molecule has 0 spiro atoms. The van der Waals surface area contributed by atoms with Gasteiger partial charge in [-0.2, -0.15) is 0 Å². The van der Waals surface area contributed by atoms with Crippen molar-refractivity contribution in [3.8, 4) is 0 Å². The second-order valence-electron chi connectivity index (χ2n) is 5.56. The Bertz CT molecular complexity index is 618. The Labute approximate surface area is 118 Å². The third-order valence-electron chi connectivity index (χ3n) is 4.02. The Hall–Kier alpha value is -1.81. The number of nitrogens with one attached hydrogen (secondary N) is 1. The molecule has 4 nitrogen and oxygen atoms in total. The van der Waals surface area contributed by atoms with E-state index in [1.165, 1.54) is 29.3 Å². The molecule has 0 unspecified atom stereocenters. The highest BCUT2D eigenvalue weighted by Gasteiger charge is 2.23. The SMILES string of the molecule is c1ccc2c(N3CCOCC3)ncc(NC3CC3)c2c1. The van der Waals surface area contributed by atoms with Gasteiger partial charge in [0.25, 0.3) is 0 Å². The van der Waals surface area contributed by atoms with E-state index in [-0.39, 0.29) is 0 Å². The number of nitrogens with zero attached hydrogens (tertiary/aromatic N) is 2. The summed E-state index contributed by atoms with van der Waals surface area (Å²) >= 11 is 0. The van der Waals surface area contributed by atoms with Crippen LogP contribution in [-0.2, 0) is 4.74 Å². The van der Waals surface area contributed by atoms with Crippen LogP contribution >= 0.6 is 0 Å². The van der Waals surface area contributed by atoms with E-state index in [2.05, 4.69) is 34.5 Å². The fraction of sp³-hybridized carbons (Fsp3) is 0.438. The molecule has 1 N–H and O–H groups in total. The van der Waals surface area contributed by atoms with Gasteiger partial charge in [-0.05, 0) is 12.8 Å². The van der Waals surface area contributed by atoms with Gasteiger partial charge in [-0.25, -0.2) is 4.98 Å². The summed E-state index contributed by atoms with van der Waals surface area (Å²) in [5, 5.41) is 6.09. The number of rotatable bonds is 3. The molecule has 104 valence electrons. The third kappa shape index (κ3) is 2.20. The molecule has 2 heterocycles. The highest BCUT2D eigenvalue weighted by atomic mass is 16.5. The van der Waals surface area contributed by atoms with Crippen molar-refractivity contribution in [1.29, 1.82) is 0 Å². The fourth-order valence-electron chi connectivity index (χ4n) is 2.77. The summed E-state index contributed by atoms with van der Waals surface area (Å²) in [6.45, 7) is 3.43. The lowest BCUT2D eigenvalue weighted by Gasteiger charge is -2.29. The highest BCUT2D eigenvalue weighted by molar-refractivity contribution is 6.00. The predicted molar refractivity (Wildman–Crippen MR) is 81.4 cm³/mol. The van der Waals surface area contributed by atoms with Gasteiger partial charge in [-0.15, -0.1) is 0 Å². The molecule has 2 aliphatic rings. The summed E-state index contributed by atoms with van der Waals surface area (Å²) in [4.78, 5) is 7.05. The van der Waals surface area contributed by atoms with E-state index >= 15 is 0 Å². The first-order valence-electron chi connectivity index (χ1n) is 7.39. The molecule has 1 aromatic carbocycles. The number of aromatic nitrogens is 1. The van der Waals surface area contributed by atoms with E-state index in [0.29, 0.717) is 6.04 Å². The van der Waals surface area contributed by atoms with Crippen LogP contribution < -0.4 is 10.2 Å². The molecule has 1 saturated carbocycles. The molecule has 2 aromatic rings. The van der Waals surface area contributed by atoms with Crippen molar-refractivity contribution in [2.24, 2.45) is 0 Å². The van der Waals surface area contributed by atoms with Crippen LogP contribution in [-0.4, -0.2) is 37.3 Å². The van der Waals surface area contributed by atoms with Crippen molar-refractivity contribution in [3.63, 3.8) is 0 Å². The second-order valence-corrected chi connectivity index (χ2v) is 5.56. The van der Waals surface area contributed by atoms with Crippen molar-refractivity contribution in [2.75, 3.05) is 36.5 Å². The largest absolute Gasteiger partial charge is 0.381 e. The minimum atomic E-state index is 0.648. The summed E-state index contributed by atoms with van der Waals surface area (Å²) in [6, 6.07) is 9.20. The van der Waals surface area contributed by atoms with Crippen LogP contribution in [0.15, 0.2) is 30.5 Å². The summed E-state index contributed by atoms with van der Waals surface area (Å²) in [5.41, 5.74) is 1.17. The smallest absolute Gasteiger partial charge is 0.136 e. The molecule has 1 aliphatic heterocycles. The quantitative estimate of drug-likeness (QED) is 0.929. The summed E-state index contributed by atoms with van der Waals surface area (Å²) in [7, 11) is 0. The van der Waals surface area contributed by atoms with Gasteiger partial charge < -0.3 is 15.0 Å². The van der Waals surface area contributed by atoms with Gasteiger partial charge in [0.05, 0.1) is 25.1 Å². The zero-order valence-corrected chi connectivity index (χ0v) is 11.5. The maximum atomic E-state index is 5.44. The van der Waals surface area contributed by atoms with Crippen molar-refractivity contribution in [2.45, 2.75) is 18.9 Å². The van der Waals surface area contributed by atoms with Gasteiger partial charge >= 0.3 is 0 Å². The normalized spacial score (nSPS) is 19.3. The van der Waals surface area contributed by atoms with Gasteiger partial charge in [0.2, 0.25) is 0 Å². The van der Waals surface area contributed by atoms with Gasteiger partial charge in [0, 0.05) is 29.9 Å². The number of anilines is 2. The Morgan fingerprint density at radius 2 is 1.85 bits per heavy atom. The van der Waals surface area contributed by atoms with Gasteiger partial charge in [0.1, 0.15) is 5.82 Å². The van der Waals surface area contributed by atoms with Gasteiger partial charge in [-0.3, -0.25) is 0 Å². The van der Waals surface area contributed by atoms with Crippen LogP contribution in [0.25, 0.3) is 10.8 Å². The maximum absolute atomic E-state index is 5.44. The molecule has 4 heteroatoms. The van der Waals surface area contributed by atoms with E-state index in [1.807, 2.05) is 6.20 Å². The fourth-order valence-corrected chi connectivity index (χ4v) is 2.77. The second kappa shape index (κ2) is 4.94. The Balaban J connectivity index is 1.77. The summed E-state index contributed by atoms with van der Waals surface area (Å²) in [6.07, 6.45) is 4.55. The topological polar surface area (TPSA) is 37.4 Å². The Morgan fingerprint density at radius 3 is 2.60 bits per heavy atom. The molecule has 0 bridgehead atoms. The molecule has 20 heavy (non-hydrogen) atoms. The van der Waals surface area contributed by atoms with Crippen LogP contribution in [0.2, 0.25) is 0 Å². The number of fused-ring (bicyclic) bond motifs is 1. The number of ether oxygens (including phenoxy) is 1. The van der Waals surface area contributed by atoms with Crippen LogP contribution in [0, 0.1) is 0 Å². The molecule has 4 rings (SSSR count). The molecule has 0 amide bonds. The van der Waals surface area contributed by atoms with Crippen molar-refractivity contribution >= 4 is 22.3 Å². The summed E-state index contributed by atoms with van der Waals surface area (Å²) in [5.74, 6) is 1.09. The molecule has 2 fully saturated rings. The predicted octanol–water partition coefficient (Wildman–Crippen LogP) is 2.65. The van der Waals surface area contributed by atoms with E-state index in [4.69, 9.17) is 9.72 Å². The molecular formula is C16H19N3O. The van der Waals surface area contributed by atoms with E-state index < -0.39 is 0 Å². The monoisotopic (exact) mass is 269 g/mol. The number of hydrogen-bond donors (Lipinski definition) is 1. The van der Waals surface area contributed by atoms with Crippen molar-refractivity contribution in [3.05, 3.63) is 30.5 Å². The standard InChI is InChI=1S/C16H19N3O/c1-2-4-14-13(3-1)15(18-12-5-6-12)11-17-16(14)19-7-9-20-10-8-19/h1-4,11-12,18H,5-10H2. The van der Waals surface area contributed by atoms with E-state index in [9.17, 15) is 0 Å². The Morgan fingerprint density at radius 1 is 1.10 bits per heavy atom. The molecule has 0 radical (unpaired) electrons. The van der Waals surface area contributed by atoms with E-state index in [0.717, 1.165) is 32.1 Å². The van der Waals surface area contributed by atoms with E-state index in [1.54, 1.807) is 0 Å². The van der Waals surface area contributed by atoms with Crippen LogP contribution in [0.4, 0.5) is 11.5 Å². The lowest BCUT2D eigenvalue weighted by atomic mass is 10.1. The lowest BCUT2D eigenvalue weighted by molar-refractivity contribution is 0.122. The number of benzene rings is 1. The molecule has 1 aromatic heterocycles. The zero-order chi connectivity index (χ0) is 13.4. The minimum Gasteiger partial charge on any atom is -0.381 e. The lowest BCUT2D eigenvalue weighted by Crippen LogP contribution is -2.36. The molecule has 1 aliphatic carbocycles. The summed E-state index contributed by atoms with van der Waals surface area (Å²) < 4.78 is 5.44. The van der Waals surface area contributed by atoms with Gasteiger partial charge in [-0.1, -0.05) is 24.3 Å². The highest BCUT2D eigenvalue weighted by Crippen LogP contribution is 2.33. The number of morpholine rings is 1. The first-order valence-corrected chi connectivity index (χ1v) is 7.39. The van der Waals surface area contributed by atoms with Crippen LogP contribution in [0.5, 0.6) is 0 Å². The molecular weight excluding hydrogens is 250 g/mol. The zero-order valence-electron chi connectivity index (χ0n) is 11.5. The molecule has 1 saturated heterocycles. The third-order valence-corrected chi connectivity index (χ3v) is 4.02. The van der Waals surface area contributed by atoms with Gasteiger partial charge in [0.15, 0.2) is 0 Å². The minimum absolute atomic E-state index is 0.648. The maximum Gasteiger partial charge on any atom is 0.136 e. The Kier molecular flexibility index (Phi) is 2.96. The average Bonchev–Trinajstić information content (AvgIpc) is 3.33. The number of hydrogen-bond acceptors (Lipinski definition) is 4. The first kappa shape index (κ1) is 12.0. The van der Waals surface area contributed by atoms with Crippen LogP contribution in [0.3, 0.4) is 0 Å². The average molecular weight is 269 g/mol. The van der Waals surface area contributed by atoms with Crippen molar-refractivity contribution < 1.29 is 4.74 Å². The molecule has 0 atom stereocenters. The first-order chi connectivity index (χ1) is 9.92. The van der Waals surface area contributed by atoms with Crippen molar-refractivity contribution in [1.82, 2.24) is 4.98 Å².